The van der Waals surface area contributed by atoms with Gasteiger partial charge >= 0.3 is 17.7 Å². The fraction of sp³-hybridized carbons (Fsp3) is 0.176. The first kappa shape index (κ1) is 32.4. The Bertz CT molecular complexity index is 2080. The molecule has 0 fully saturated rings. The van der Waals surface area contributed by atoms with Crippen LogP contribution in [0.4, 0.5) is 32.0 Å². The second-order valence-corrected chi connectivity index (χ2v) is 12.2. The molecule has 4 aromatic carbocycles. The van der Waals surface area contributed by atoms with Crippen molar-refractivity contribution in [1.29, 1.82) is 0 Å². The molecule has 15 heteroatoms. The summed E-state index contributed by atoms with van der Waals surface area (Å²) < 4.78 is 86.6. The molecule has 2 aliphatic heterocycles. The normalized spacial score (nSPS) is 19.3. The van der Waals surface area contributed by atoms with Crippen molar-refractivity contribution in [2.75, 3.05) is 5.75 Å². The molecule has 1 aromatic heterocycles. The lowest BCUT2D eigenvalue weighted by Crippen LogP contribution is -2.44. The first-order chi connectivity index (χ1) is 23.3. The van der Waals surface area contributed by atoms with Crippen molar-refractivity contribution in [3.05, 3.63) is 126 Å². The van der Waals surface area contributed by atoms with Crippen molar-refractivity contribution >= 4 is 28.8 Å². The lowest BCUT2D eigenvalue weighted by Gasteiger charge is -2.32. The average molecular weight is 696 g/mol. The SMILES string of the molecule is CC1c2ccccc2[N+]2=C(SCC2(O)c2ccccc2C(F)(F)F)N1/N=C/c1ccc(-c2ncn(-c3ccc(OC(F)(F)F)cc3)n2)cc1. The number of hydrazone groups is 1. The molecule has 0 spiro atoms. The molecule has 250 valence electrons. The maximum atomic E-state index is 14.1. The van der Waals surface area contributed by atoms with E-state index in [0.29, 0.717) is 33.5 Å². The van der Waals surface area contributed by atoms with Gasteiger partial charge in [-0.25, -0.2) is 9.67 Å². The summed E-state index contributed by atoms with van der Waals surface area (Å²) in [6, 6.07) is 24.4. The minimum Gasteiger partial charge on any atom is -0.406 e. The van der Waals surface area contributed by atoms with Gasteiger partial charge in [0, 0.05) is 16.7 Å². The standard InChI is InChI=1S/C34H25F6N6O2S/c1-21-26-6-2-5-9-29(26)45-31(49-19-32(45,47)27-7-3-4-8-28(27)33(35,36)37)46(21)42-18-22-10-12-23(13-11-22)30-41-20-44(43-30)24-14-16-25(17-15-24)48-34(38,39)40/h2-18,20-21,47H,19H2,1H3/q+1/b42-18+. The minimum absolute atomic E-state index is 0.0532. The van der Waals surface area contributed by atoms with E-state index in [0.717, 1.165) is 11.6 Å². The van der Waals surface area contributed by atoms with Crippen LogP contribution >= 0.6 is 11.8 Å². The summed E-state index contributed by atoms with van der Waals surface area (Å²) >= 11 is 1.22. The Balaban J connectivity index is 1.16. The van der Waals surface area contributed by atoms with Crippen LogP contribution in [0.1, 0.15) is 35.2 Å². The molecular weight excluding hydrogens is 670 g/mol. The molecule has 2 aliphatic rings. The maximum absolute atomic E-state index is 14.1. The lowest BCUT2D eigenvalue weighted by atomic mass is 9.95. The van der Waals surface area contributed by atoms with Crippen LogP contribution in [0.2, 0.25) is 0 Å². The highest BCUT2D eigenvalue weighted by atomic mass is 32.2. The van der Waals surface area contributed by atoms with Gasteiger partial charge < -0.3 is 9.84 Å². The average Bonchev–Trinajstić information content (AvgIpc) is 3.70. The second-order valence-electron chi connectivity index (χ2n) is 11.3. The van der Waals surface area contributed by atoms with E-state index in [9.17, 15) is 31.4 Å². The fourth-order valence-electron chi connectivity index (χ4n) is 5.86. The van der Waals surface area contributed by atoms with Gasteiger partial charge in [0.05, 0.1) is 23.2 Å². The number of rotatable bonds is 6. The van der Waals surface area contributed by atoms with Crippen molar-refractivity contribution in [2.45, 2.75) is 31.2 Å². The lowest BCUT2D eigenvalue weighted by molar-refractivity contribution is -0.598. The van der Waals surface area contributed by atoms with E-state index in [1.165, 1.54) is 69.8 Å². The molecule has 0 amide bonds. The number of amidine groups is 1. The van der Waals surface area contributed by atoms with E-state index >= 15 is 0 Å². The number of halogens is 6. The van der Waals surface area contributed by atoms with Crippen molar-refractivity contribution < 1.29 is 40.8 Å². The highest BCUT2D eigenvalue weighted by Crippen LogP contribution is 2.49. The van der Waals surface area contributed by atoms with Gasteiger partial charge in [-0.1, -0.05) is 65.8 Å². The number of para-hydroxylation sites is 1. The van der Waals surface area contributed by atoms with E-state index < -0.39 is 23.8 Å². The monoisotopic (exact) mass is 695 g/mol. The third kappa shape index (κ3) is 6.15. The van der Waals surface area contributed by atoms with E-state index in [4.69, 9.17) is 5.10 Å². The number of thioether (sulfide) groups is 1. The molecule has 3 heterocycles. The van der Waals surface area contributed by atoms with Crippen LogP contribution < -0.4 is 4.74 Å². The van der Waals surface area contributed by atoms with Gasteiger partial charge in [-0.15, -0.1) is 23.3 Å². The summed E-state index contributed by atoms with van der Waals surface area (Å²) in [6.45, 7) is 1.93. The van der Waals surface area contributed by atoms with Crippen LogP contribution in [-0.4, -0.2) is 53.0 Å². The van der Waals surface area contributed by atoms with Crippen molar-refractivity contribution in [3.63, 3.8) is 0 Å². The van der Waals surface area contributed by atoms with Crippen molar-refractivity contribution in [2.24, 2.45) is 5.10 Å². The maximum Gasteiger partial charge on any atom is 0.573 e. The summed E-state index contributed by atoms with van der Waals surface area (Å²) in [5.74, 6) is -0.0214. The molecule has 0 bridgehead atoms. The van der Waals surface area contributed by atoms with E-state index in [2.05, 4.69) is 14.8 Å². The van der Waals surface area contributed by atoms with Crippen LogP contribution in [0.15, 0.2) is 108 Å². The van der Waals surface area contributed by atoms with Gasteiger partial charge in [0.15, 0.2) is 11.9 Å². The number of fused-ring (bicyclic) bond motifs is 2. The molecule has 1 N–H and O–H groups in total. The molecule has 7 rings (SSSR count). The number of hydrogen-bond donors (Lipinski definition) is 1. The number of nitrogens with zero attached hydrogens (tertiary/aromatic N) is 6. The number of ether oxygens (including phenoxy) is 1. The zero-order valence-corrected chi connectivity index (χ0v) is 26.2. The summed E-state index contributed by atoms with van der Waals surface area (Å²) in [5.41, 5.74) is 0.120. The van der Waals surface area contributed by atoms with Gasteiger partial charge in [-0.05, 0) is 60.6 Å². The molecule has 49 heavy (non-hydrogen) atoms. The fourth-order valence-corrected chi connectivity index (χ4v) is 7.19. The van der Waals surface area contributed by atoms with Gasteiger partial charge in [0.1, 0.15) is 17.8 Å². The number of hydrogen-bond acceptors (Lipinski definition) is 7. The zero-order valence-electron chi connectivity index (χ0n) is 25.4. The summed E-state index contributed by atoms with van der Waals surface area (Å²) in [6.07, 6.45) is -6.39. The predicted octanol–water partition coefficient (Wildman–Crippen LogP) is 7.85. The smallest absolute Gasteiger partial charge is 0.406 e. The van der Waals surface area contributed by atoms with Crippen molar-refractivity contribution in [1.82, 2.24) is 19.8 Å². The first-order valence-corrected chi connectivity index (χ1v) is 15.8. The zero-order chi connectivity index (χ0) is 34.6. The first-order valence-electron chi connectivity index (χ1n) is 14.8. The van der Waals surface area contributed by atoms with Crippen LogP contribution in [-0.2, 0) is 11.9 Å². The minimum atomic E-state index is -4.79. The molecule has 0 saturated heterocycles. The molecule has 8 nitrogen and oxygen atoms in total. The Morgan fingerprint density at radius 2 is 1.63 bits per heavy atom. The van der Waals surface area contributed by atoms with Crippen LogP contribution in [0.25, 0.3) is 17.1 Å². The van der Waals surface area contributed by atoms with Crippen molar-refractivity contribution in [3.8, 4) is 22.8 Å². The summed E-state index contributed by atoms with van der Waals surface area (Å²) in [5, 5.41) is 23.4. The molecular formula is C34H25F6N6O2S+. The number of alkyl halides is 6. The predicted molar refractivity (Wildman–Crippen MR) is 170 cm³/mol. The molecule has 0 radical (unpaired) electrons. The summed E-state index contributed by atoms with van der Waals surface area (Å²) in [7, 11) is 0. The largest absolute Gasteiger partial charge is 0.573 e. The number of benzene rings is 4. The van der Waals surface area contributed by atoms with Crippen LogP contribution in [0.5, 0.6) is 5.75 Å². The topological polar surface area (TPSA) is 78.8 Å². The Morgan fingerprint density at radius 1 is 0.939 bits per heavy atom. The Hall–Kier alpha value is -5.15. The highest BCUT2D eigenvalue weighted by molar-refractivity contribution is 8.13. The van der Waals surface area contributed by atoms with E-state index in [-0.39, 0.29) is 23.1 Å². The molecule has 5 aromatic rings. The van der Waals surface area contributed by atoms with Gasteiger partial charge in [0.2, 0.25) is 5.72 Å². The second kappa shape index (κ2) is 12.1. The van der Waals surface area contributed by atoms with Gasteiger partial charge in [-0.3, -0.25) is 0 Å². The molecule has 2 atom stereocenters. The van der Waals surface area contributed by atoms with E-state index in [1.807, 2.05) is 19.1 Å². The Morgan fingerprint density at radius 3 is 2.35 bits per heavy atom. The highest BCUT2D eigenvalue weighted by Gasteiger charge is 2.56. The molecule has 0 aliphatic carbocycles. The third-order valence-electron chi connectivity index (χ3n) is 8.14. The Labute approximate surface area is 279 Å². The molecule has 0 saturated carbocycles. The van der Waals surface area contributed by atoms with Crippen LogP contribution in [0.3, 0.4) is 0 Å². The van der Waals surface area contributed by atoms with Gasteiger partial charge in [0.25, 0.3) is 0 Å². The number of aromatic nitrogens is 3. The quantitative estimate of drug-likeness (QED) is 0.111. The third-order valence-corrected chi connectivity index (χ3v) is 9.32. The van der Waals surface area contributed by atoms with E-state index in [1.54, 1.807) is 47.6 Å². The van der Waals surface area contributed by atoms with Gasteiger partial charge in [-0.2, -0.15) is 17.7 Å². The number of aliphatic hydroxyl groups is 1. The van der Waals surface area contributed by atoms with Crippen LogP contribution in [0, 0.1) is 0 Å². The summed E-state index contributed by atoms with van der Waals surface area (Å²) in [4.78, 5) is 4.31. The molecule has 2 unspecified atom stereocenters. The Kier molecular flexibility index (Phi) is 7.98.